The van der Waals surface area contributed by atoms with Gasteiger partial charge in [0.05, 0.1) is 12.2 Å². The summed E-state index contributed by atoms with van der Waals surface area (Å²) in [6, 6.07) is 17.7. The van der Waals surface area contributed by atoms with Gasteiger partial charge in [0.2, 0.25) is 0 Å². The van der Waals surface area contributed by atoms with E-state index in [0.29, 0.717) is 11.3 Å². The third-order valence-electron chi connectivity index (χ3n) is 4.24. The highest BCUT2D eigenvalue weighted by molar-refractivity contribution is 7.94. The van der Waals surface area contributed by atoms with E-state index in [2.05, 4.69) is 16.2 Å². The van der Waals surface area contributed by atoms with Crippen molar-refractivity contribution in [2.75, 3.05) is 11.3 Å². The number of sulfonamides is 1. The molecule has 0 aliphatic heterocycles. The Kier molecular flexibility index (Phi) is 5.40. The molecule has 148 valence electrons. The summed E-state index contributed by atoms with van der Waals surface area (Å²) in [6.45, 7) is 2.02. The number of rotatable bonds is 6. The smallest absolute Gasteiger partial charge is 0.338 e. The molecule has 0 bridgehead atoms. The van der Waals surface area contributed by atoms with Gasteiger partial charge in [-0.3, -0.25) is 4.72 Å². The van der Waals surface area contributed by atoms with Gasteiger partial charge in [-0.05, 0) is 49.4 Å². The number of carbonyl (C=O) groups is 1. The van der Waals surface area contributed by atoms with Crippen molar-refractivity contribution in [3.63, 3.8) is 0 Å². The zero-order valence-corrected chi connectivity index (χ0v) is 17.9. The van der Waals surface area contributed by atoms with E-state index in [1.807, 2.05) is 24.3 Å². The molecule has 0 amide bonds. The molecule has 0 fully saturated rings. The molecule has 0 atom stereocenters. The maximum atomic E-state index is 12.8. The maximum Gasteiger partial charge on any atom is 0.338 e. The lowest BCUT2D eigenvalue weighted by atomic mass is 10.1. The van der Waals surface area contributed by atoms with Crippen molar-refractivity contribution in [3.8, 4) is 10.4 Å². The van der Waals surface area contributed by atoms with Gasteiger partial charge in [0.25, 0.3) is 10.0 Å². The fourth-order valence-corrected chi connectivity index (χ4v) is 6.30. The van der Waals surface area contributed by atoms with Crippen molar-refractivity contribution in [2.24, 2.45) is 0 Å². The third kappa shape index (κ3) is 4.05. The van der Waals surface area contributed by atoms with Crippen LogP contribution in [-0.4, -0.2) is 21.0 Å². The highest BCUT2D eigenvalue weighted by Gasteiger charge is 2.19. The second-order valence-corrected chi connectivity index (χ2v) is 10.1. The zero-order valence-electron chi connectivity index (χ0n) is 15.4. The van der Waals surface area contributed by atoms with Crippen LogP contribution in [0.2, 0.25) is 0 Å². The van der Waals surface area contributed by atoms with Crippen molar-refractivity contribution < 1.29 is 17.9 Å². The van der Waals surface area contributed by atoms with Crippen LogP contribution in [0, 0.1) is 0 Å². The Balaban J connectivity index is 1.56. The number of nitrogens with one attached hydrogen (secondary N) is 1. The Bertz CT molecular complexity index is 1270. The van der Waals surface area contributed by atoms with E-state index < -0.39 is 16.0 Å². The first-order valence-electron chi connectivity index (χ1n) is 8.84. The van der Waals surface area contributed by atoms with E-state index in [1.54, 1.807) is 36.5 Å². The van der Waals surface area contributed by atoms with Gasteiger partial charge >= 0.3 is 5.97 Å². The zero-order chi connectivity index (χ0) is 20.4. The predicted octanol–water partition coefficient (Wildman–Crippen LogP) is 5.61. The number of ether oxygens (including phenoxy) is 1. The molecule has 8 heteroatoms. The number of esters is 1. The summed E-state index contributed by atoms with van der Waals surface area (Å²) in [7, 11) is -3.72. The Morgan fingerprint density at radius 3 is 2.55 bits per heavy atom. The molecule has 2 heterocycles. The average molecular weight is 444 g/mol. The van der Waals surface area contributed by atoms with Crippen LogP contribution in [0.15, 0.2) is 70.3 Å². The van der Waals surface area contributed by atoms with Gasteiger partial charge in [0, 0.05) is 31.6 Å². The molecule has 0 saturated carbocycles. The molecule has 29 heavy (non-hydrogen) atoms. The van der Waals surface area contributed by atoms with Crippen molar-refractivity contribution in [3.05, 3.63) is 71.6 Å². The van der Waals surface area contributed by atoms with Crippen LogP contribution in [0.3, 0.4) is 0 Å². The summed E-state index contributed by atoms with van der Waals surface area (Å²) < 4.78 is 34.5. The Morgan fingerprint density at radius 2 is 1.79 bits per heavy atom. The highest BCUT2D eigenvalue weighted by Crippen LogP contribution is 2.38. The Hall–Kier alpha value is -2.68. The van der Waals surface area contributed by atoms with Gasteiger partial charge in [0.15, 0.2) is 0 Å². The number of hydrogen-bond donors (Lipinski definition) is 1. The summed E-state index contributed by atoms with van der Waals surface area (Å²) >= 11 is 2.87. The van der Waals surface area contributed by atoms with E-state index >= 15 is 0 Å². The normalized spacial score (nSPS) is 11.5. The van der Waals surface area contributed by atoms with Crippen LogP contribution in [0.5, 0.6) is 0 Å². The summed E-state index contributed by atoms with van der Waals surface area (Å²) in [5.74, 6) is -0.437. The molecular weight excluding hydrogens is 426 g/mol. The monoisotopic (exact) mass is 443 g/mol. The topological polar surface area (TPSA) is 72.5 Å². The van der Waals surface area contributed by atoms with Crippen molar-refractivity contribution >= 4 is 54.4 Å². The Morgan fingerprint density at radius 1 is 1.03 bits per heavy atom. The van der Waals surface area contributed by atoms with E-state index in [1.165, 1.54) is 28.2 Å². The number of benzene rings is 2. The number of fused-ring (bicyclic) bond motifs is 1. The van der Waals surface area contributed by atoms with Crippen molar-refractivity contribution in [1.29, 1.82) is 0 Å². The van der Waals surface area contributed by atoms with Gasteiger partial charge in [-0.15, -0.1) is 22.7 Å². The van der Waals surface area contributed by atoms with E-state index in [4.69, 9.17) is 4.74 Å². The molecule has 2 aromatic carbocycles. The molecule has 4 aromatic rings. The van der Waals surface area contributed by atoms with Crippen LogP contribution < -0.4 is 4.72 Å². The summed E-state index contributed by atoms with van der Waals surface area (Å²) in [5, 5.41) is 3.17. The molecule has 0 aliphatic rings. The fourth-order valence-electron chi connectivity index (χ4n) is 2.87. The molecule has 0 aliphatic carbocycles. The molecule has 4 rings (SSSR count). The van der Waals surface area contributed by atoms with Gasteiger partial charge in [0.1, 0.15) is 4.21 Å². The SMILES string of the molecule is CCOC(=O)c1ccc(NS(=O)(=O)c2ccc(-c3csc4ccccc34)s2)cc1. The minimum Gasteiger partial charge on any atom is -0.462 e. The number of hydrogen-bond acceptors (Lipinski definition) is 6. The first-order chi connectivity index (χ1) is 14.0. The number of carbonyl (C=O) groups excluding carboxylic acids is 1. The standard InChI is InChI=1S/C21H17NO4S3/c1-2-26-21(23)14-7-9-15(10-8-14)22-29(24,25)20-12-11-19(28-20)17-13-27-18-6-4-3-5-16(17)18/h3-13,22H,2H2,1H3. The summed E-state index contributed by atoms with van der Waals surface area (Å²) in [6.07, 6.45) is 0. The molecule has 2 aromatic heterocycles. The van der Waals surface area contributed by atoms with Crippen LogP contribution >= 0.6 is 22.7 Å². The lowest BCUT2D eigenvalue weighted by Crippen LogP contribution is -2.11. The second-order valence-electron chi connectivity index (χ2n) is 6.17. The minimum absolute atomic E-state index is 0.234. The van der Waals surface area contributed by atoms with Crippen LogP contribution in [0.4, 0.5) is 5.69 Å². The summed E-state index contributed by atoms with van der Waals surface area (Å²) in [4.78, 5) is 12.6. The lowest BCUT2D eigenvalue weighted by molar-refractivity contribution is 0.0526. The molecular formula is C21H17NO4S3. The van der Waals surface area contributed by atoms with Gasteiger partial charge in [-0.2, -0.15) is 0 Å². The first kappa shape index (κ1) is 19.6. The summed E-state index contributed by atoms with van der Waals surface area (Å²) in [5.41, 5.74) is 1.79. The van der Waals surface area contributed by atoms with Gasteiger partial charge in [-0.1, -0.05) is 18.2 Å². The van der Waals surface area contributed by atoms with E-state index in [9.17, 15) is 13.2 Å². The van der Waals surface area contributed by atoms with Crippen LogP contribution in [-0.2, 0) is 14.8 Å². The maximum absolute atomic E-state index is 12.8. The lowest BCUT2D eigenvalue weighted by Gasteiger charge is -2.07. The molecule has 5 nitrogen and oxygen atoms in total. The van der Waals surface area contributed by atoms with E-state index in [0.717, 1.165) is 15.8 Å². The second kappa shape index (κ2) is 7.98. The minimum atomic E-state index is -3.72. The molecule has 0 radical (unpaired) electrons. The fraction of sp³-hybridized carbons (Fsp3) is 0.0952. The van der Waals surface area contributed by atoms with Crippen LogP contribution in [0.25, 0.3) is 20.5 Å². The van der Waals surface area contributed by atoms with Crippen LogP contribution in [0.1, 0.15) is 17.3 Å². The average Bonchev–Trinajstić information content (AvgIpc) is 3.36. The quantitative estimate of drug-likeness (QED) is 0.393. The van der Waals surface area contributed by atoms with E-state index in [-0.39, 0.29) is 10.8 Å². The van der Waals surface area contributed by atoms with Gasteiger partial charge in [-0.25, -0.2) is 13.2 Å². The number of thiophene rings is 2. The Labute approximate surface area is 176 Å². The molecule has 1 N–H and O–H groups in total. The molecule has 0 saturated heterocycles. The molecule has 0 spiro atoms. The molecule has 0 unspecified atom stereocenters. The predicted molar refractivity (Wildman–Crippen MR) is 118 cm³/mol. The largest absolute Gasteiger partial charge is 0.462 e. The van der Waals surface area contributed by atoms with Gasteiger partial charge < -0.3 is 4.74 Å². The van der Waals surface area contributed by atoms with Crippen molar-refractivity contribution in [1.82, 2.24) is 0 Å². The first-order valence-corrected chi connectivity index (χ1v) is 12.0. The number of anilines is 1. The third-order valence-corrected chi connectivity index (χ3v) is 8.20. The van der Waals surface area contributed by atoms with Crippen molar-refractivity contribution in [2.45, 2.75) is 11.1 Å². The highest BCUT2D eigenvalue weighted by atomic mass is 32.2.